The number of nitrogens with two attached hydrogens (primary N) is 1. The van der Waals surface area contributed by atoms with Crippen LogP contribution in [0.15, 0.2) is 18.3 Å². The van der Waals surface area contributed by atoms with E-state index in [4.69, 9.17) is 10.5 Å². The highest BCUT2D eigenvalue weighted by atomic mass is 16.5. The Balaban J connectivity index is 2.77. The molecule has 4 nitrogen and oxygen atoms in total. The Morgan fingerprint density at radius 1 is 1.44 bits per heavy atom. The summed E-state index contributed by atoms with van der Waals surface area (Å²) in [5.74, 6) is 1.02. The maximum Gasteiger partial charge on any atom is 0.128 e. The number of methoxy groups -OCH3 is 1. The molecule has 1 rings (SSSR count). The van der Waals surface area contributed by atoms with Gasteiger partial charge in [0.15, 0.2) is 0 Å². The van der Waals surface area contributed by atoms with Gasteiger partial charge in [0.2, 0.25) is 0 Å². The molecule has 0 bridgehead atoms. The van der Waals surface area contributed by atoms with Crippen molar-refractivity contribution in [2.24, 2.45) is 5.73 Å². The predicted molar refractivity (Wildman–Crippen MR) is 76.0 cm³/mol. The first-order valence-corrected chi connectivity index (χ1v) is 6.63. The molecule has 0 amide bonds. The Hall–Kier alpha value is -1.13. The standard InChI is InChI=1S/C14H25N3O/c1-4-12(2)17(9-10-18-3)14-6-5-13(7-8-15)11-16-14/h5-6,11-12H,4,7-10,15H2,1-3H3. The summed E-state index contributed by atoms with van der Waals surface area (Å²) in [5.41, 5.74) is 6.73. The zero-order valence-electron chi connectivity index (χ0n) is 11.7. The van der Waals surface area contributed by atoms with Crippen molar-refractivity contribution >= 4 is 5.82 Å². The summed E-state index contributed by atoms with van der Waals surface area (Å²) in [4.78, 5) is 6.82. The van der Waals surface area contributed by atoms with E-state index in [1.165, 1.54) is 5.56 Å². The molecule has 4 heteroatoms. The van der Waals surface area contributed by atoms with Crippen LogP contribution in [0.3, 0.4) is 0 Å². The zero-order valence-corrected chi connectivity index (χ0v) is 11.7. The molecule has 0 aliphatic heterocycles. The second kappa shape index (κ2) is 8.06. The lowest BCUT2D eigenvalue weighted by Gasteiger charge is -2.29. The molecule has 1 atom stereocenters. The summed E-state index contributed by atoms with van der Waals surface area (Å²) < 4.78 is 5.16. The van der Waals surface area contributed by atoms with E-state index in [0.717, 1.165) is 31.8 Å². The Bertz CT molecular complexity index is 326. The number of aromatic nitrogens is 1. The number of ether oxygens (including phenoxy) is 1. The molecule has 0 spiro atoms. The van der Waals surface area contributed by atoms with Gasteiger partial charge in [-0.2, -0.15) is 0 Å². The van der Waals surface area contributed by atoms with Gasteiger partial charge in [-0.3, -0.25) is 0 Å². The van der Waals surface area contributed by atoms with Gasteiger partial charge in [-0.15, -0.1) is 0 Å². The van der Waals surface area contributed by atoms with Crippen LogP contribution < -0.4 is 10.6 Å². The maximum absolute atomic E-state index is 5.54. The quantitative estimate of drug-likeness (QED) is 0.766. The minimum Gasteiger partial charge on any atom is -0.383 e. The van der Waals surface area contributed by atoms with E-state index >= 15 is 0 Å². The van der Waals surface area contributed by atoms with E-state index in [-0.39, 0.29) is 0 Å². The summed E-state index contributed by atoms with van der Waals surface area (Å²) in [6, 6.07) is 4.65. The minimum atomic E-state index is 0.466. The molecular weight excluding hydrogens is 226 g/mol. The highest BCUT2D eigenvalue weighted by molar-refractivity contribution is 5.40. The molecule has 0 aliphatic carbocycles. The van der Waals surface area contributed by atoms with Crippen LogP contribution in [-0.2, 0) is 11.2 Å². The summed E-state index contributed by atoms with van der Waals surface area (Å²) >= 11 is 0. The van der Waals surface area contributed by atoms with E-state index in [9.17, 15) is 0 Å². The van der Waals surface area contributed by atoms with Gasteiger partial charge in [0.25, 0.3) is 0 Å². The fourth-order valence-corrected chi connectivity index (χ4v) is 1.87. The molecular formula is C14H25N3O. The minimum absolute atomic E-state index is 0.466. The van der Waals surface area contributed by atoms with Gasteiger partial charge < -0.3 is 15.4 Å². The van der Waals surface area contributed by atoms with Crippen molar-refractivity contribution in [2.75, 3.05) is 31.7 Å². The number of rotatable bonds is 8. The highest BCUT2D eigenvalue weighted by Crippen LogP contribution is 2.16. The number of nitrogens with zero attached hydrogens (tertiary/aromatic N) is 2. The average Bonchev–Trinajstić information content (AvgIpc) is 2.41. The van der Waals surface area contributed by atoms with E-state index in [1.807, 2.05) is 6.20 Å². The van der Waals surface area contributed by atoms with Crippen molar-refractivity contribution in [3.05, 3.63) is 23.9 Å². The molecule has 2 N–H and O–H groups in total. The van der Waals surface area contributed by atoms with E-state index < -0.39 is 0 Å². The molecule has 1 unspecified atom stereocenters. The van der Waals surface area contributed by atoms with E-state index in [0.29, 0.717) is 12.6 Å². The van der Waals surface area contributed by atoms with Crippen LogP contribution in [0.1, 0.15) is 25.8 Å². The van der Waals surface area contributed by atoms with Crippen molar-refractivity contribution in [3.8, 4) is 0 Å². The highest BCUT2D eigenvalue weighted by Gasteiger charge is 2.13. The Labute approximate surface area is 110 Å². The average molecular weight is 251 g/mol. The second-order valence-electron chi connectivity index (χ2n) is 4.51. The number of hydrogen-bond acceptors (Lipinski definition) is 4. The summed E-state index contributed by atoms with van der Waals surface area (Å²) in [6.07, 6.45) is 3.90. The van der Waals surface area contributed by atoms with Crippen molar-refractivity contribution in [1.29, 1.82) is 0 Å². The third-order valence-electron chi connectivity index (χ3n) is 3.20. The van der Waals surface area contributed by atoms with Crippen molar-refractivity contribution in [3.63, 3.8) is 0 Å². The molecule has 0 fully saturated rings. The molecule has 1 aromatic rings. The topological polar surface area (TPSA) is 51.4 Å². The SMILES string of the molecule is CCC(C)N(CCOC)c1ccc(CCN)cn1. The molecule has 0 radical (unpaired) electrons. The third kappa shape index (κ3) is 4.27. The van der Waals surface area contributed by atoms with E-state index in [2.05, 4.69) is 35.9 Å². The first kappa shape index (κ1) is 14.9. The lowest BCUT2D eigenvalue weighted by molar-refractivity contribution is 0.203. The maximum atomic E-state index is 5.54. The fourth-order valence-electron chi connectivity index (χ4n) is 1.87. The number of hydrogen-bond donors (Lipinski definition) is 1. The largest absolute Gasteiger partial charge is 0.383 e. The normalized spacial score (nSPS) is 12.4. The molecule has 1 heterocycles. The Morgan fingerprint density at radius 2 is 2.22 bits per heavy atom. The molecule has 1 aromatic heterocycles. The Morgan fingerprint density at radius 3 is 2.72 bits per heavy atom. The van der Waals surface area contributed by atoms with Gasteiger partial charge >= 0.3 is 0 Å². The van der Waals surface area contributed by atoms with E-state index in [1.54, 1.807) is 7.11 Å². The third-order valence-corrected chi connectivity index (χ3v) is 3.20. The monoisotopic (exact) mass is 251 g/mol. The van der Waals surface area contributed by atoms with Gasteiger partial charge in [-0.25, -0.2) is 4.98 Å². The second-order valence-corrected chi connectivity index (χ2v) is 4.51. The molecule has 0 saturated carbocycles. The van der Waals surface area contributed by atoms with Crippen LogP contribution in [0.2, 0.25) is 0 Å². The van der Waals surface area contributed by atoms with Crippen LogP contribution in [0.4, 0.5) is 5.82 Å². The van der Waals surface area contributed by atoms with Gasteiger partial charge in [0.05, 0.1) is 6.61 Å². The first-order valence-electron chi connectivity index (χ1n) is 6.63. The number of pyridine rings is 1. The molecule has 0 saturated heterocycles. The smallest absolute Gasteiger partial charge is 0.128 e. The van der Waals surface area contributed by atoms with Crippen molar-refractivity contribution in [2.45, 2.75) is 32.7 Å². The van der Waals surface area contributed by atoms with Gasteiger partial charge in [-0.1, -0.05) is 13.0 Å². The fraction of sp³-hybridized carbons (Fsp3) is 0.643. The van der Waals surface area contributed by atoms with Crippen LogP contribution in [0.25, 0.3) is 0 Å². The molecule has 0 aromatic carbocycles. The van der Waals surface area contributed by atoms with Crippen LogP contribution in [0.5, 0.6) is 0 Å². The van der Waals surface area contributed by atoms with Gasteiger partial charge in [0, 0.05) is 25.9 Å². The van der Waals surface area contributed by atoms with Crippen LogP contribution in [-0.4, -0.2) is 37.8 Å². The molecule has 18 heavy (non-hydrogen) atoms. The summed E-state index contributed by atoms with van der Waals surface area (Å²) in [6.45, 7) is 6.66. The van der Waals surface area contributed by atoms with Crippen LogP contribution in [0, 0.1) is 0 Å². The van der Waals surface area contributed by atoms with Gasteiger partial charge in [0.1, 0.15) is 5.82 Å². The summed E-state index contributed by atoms with van der Waals surface area (Å²) in [5, 5.41) is 0. The van der Waals surface area contributed by atoms with Crippen LogP contribution >= 0.6 is 0 Å². The summed E-state index contributed by atoms with van der Waals surface area (Å²) in [7, 11) is 1.73. The number of anilines is 1. The molecule has 102 valence electrons. The lowest BCUT2D eigenvalue weighted by atomic mass is 10.2. The van der Waals surface area contributed by atoms with Crippen molar-refractivity contribution in [1.82, 2.24) is 4.98 Å². The molecule has 0 aliphatic rings. The Kier molecular flexibility index (Phi) is 6.68. The zero-order chi connectivity index (χ0) is 13.4. The van der Waals surface area contributed by atoms with Gasteiger partial charge in [-0.05, 0) is 37.9 Å². The first-order chi connectivity index (χ1) is 8.72. The predicted octanol–water partition coefficient (Wildman–Crippen LogP) is 1.83. The van der Waals surface area contributed by atoms with Crippen molar-refractivity contribution < 1.29 is 4.74 Å². The lowest BCUT2D eigenvalue weighted by Crippen LogP contribution is -2.36.